The molecule has 0 aromatic carbocycles. The predicted octanol–water partition coefficient (Wildman–Crippen LogP) is -1.64. The van der Waals surface area contributed by atoms with Crippen molar-refractivity contribution in [2.24, 2.45) is 11.5 Å². The first-order valence-corrected chi connectivity index (χ1v) is 11.9. The van der Waals surface area contributed by atoms with Gasteiger partial charge in [-0.15, -0.1) is 0 Å². The molecule has 0 bridgehead atoms. The van der Waals surface area contributed by atoms with Crippen molar-refractivity contribution in [2.45, 2.75) is 12.1 Å². The number of hydrogen-bond donors (Lipinski definition) is 9. The van der Waals surface area contributed by atoms with Crippen molar-refractivity contribution in [2.75, 3.05) is 23.0 Å². The fourth-order valence-electron chi connectivity index (χ4n) is 2.03. The number of carbonyl (C=O) groups is 2. The zero-order chi connectivity index (χ0) is 26.0. The summed E-state index contributed by atoms with van der Waals surface area (Å²) in [5.74, 6) is -1.17. The maximum Gasteiger partial charge on any atom is 0.321 e. The van der Waals surface area contributed by atoms with E-state index in [1.54, 1.807) is 0 Å². The Labute approximate surface area is 203 Å². The highest BCUT2D eigenvalue weighted by molar-refractivity contribution is 8.76. The van der Waals surface area contributed by atoms with Gasteiger partial charge in [-0.25, -0.2) is 19.9 Å². The molecule has 0 fully saturated rings. The lowest BCUT2D eigenvalue weighted by atomic mass is 10.4. The van der Waals surface area contributed by atoms with Crippen LogP contribution < -0.4 is 28.5 Å². The van der Waals surface area contributed by atoms with Gasteiger partial charge >= 0.3 is 11.9 Å². The van der Waals surface area contributed by atoms with E-state index in [0.717, 1.165) is 0 Å². The Morgan fingerprint density at radius 1 is 0.886 bits per heavy atom. The maximum absolute atomic E-state index is 11.0. The number of nitrogens with one attached hydrogen (secondary N) is 3. The van der Waals surface area contributed by atoms with Gasteiger partial charge < -0.3 is 43.1 Å². The highest BCUT2D eigenvalue weighted by atomic mass is 33.1. The molecular formula is C16H22N12O5S2. The van der Waals surface area contributed by atoms with Crippen LogP contribution in [0.2, 0.25) is 0 Å². The van der Waals surface area contributed by atoms with Gasteiger partial charge in [0.2, 0.25) is 5.95 Å². The number of H-pyrrole nitrogens is 3. The number of nitrogens with zero attached hydrogens (tertiary/aromatic N) is 5. The SMILES string of the molecule is NC(CSSCC(N)C(=O)O)C(=O)O.Nc1nc2nc[nH]c2c(=O)[nH]1.Nc1ncnc2nc[nH]c12. The summed E-state index contributed by atoms with van der Waals surface area (Å²) in [6.45, 7) is 0. The Morgan fingerprint density at radius 3 is 1.97 bits per heavy atom. The van der Waals surface area contributed by atoms with Crippen LogP contribution >= 0.6 is 21.6 Å². The van der Waals surface area contributed by atoms with Crippen molar-refractivity contribution in [1.82, 2.24) is 39.9 Å². The lowest BCUT2D eigenvalue weighted by molar-refractivity contribution is -0.138. The number of carboxylic acid groups (broad SMARTS) is 2. The highest BCUT2D eigenvalue weighted by Gasteiger charge is 2.14. The smallest absolute Gasteiger partial charge is 0.321 e. The first-order chi connectivity index (χ1) is 16.6. The highest BCUT2D eigenvalue weighted by Crippen LogP contribution is 2.22. The van der Waals surface area contributed by atoms with E-state index in [4.69, 9.17) is 33.1 Å². The van der Waals surface area contributed by atoms with Gasteiger partial charge in [-0.1, -0.05) is 21.6 Å². The summed E-state index contributed by atoms with van der Waals surface area (Å²) in [5, 5.41) is 16.8. The van der Waals surface area contributed by atoms with Gasteiger partial charge in [0.05, 0.1) is 12.7 Å². The van der Waals surface area contributed by atoms with Crippen LogP contribution in [0, 0.1) is 0 Å². The first-order valence-electron chi connectivity index (χ1n) is 9.39. The van der Waals surface area contributed by atoms with Crippen molar-refractivity contribution >= 4 is 67.6 Å². The molecule has 0 spiro atoms. The van der Waals surface area contributed by atoms with E-state index >= 15 is 0 Å². The summed E-state index contributed by atoms with van der Waals surface area (Å²) < 4.78 is 0. The molecule has 4 rings (SSSR count). The minimum absolute atomic E-state index is 0.0783. The standard InChI is InChI=1S/C6H12N2O4S2.C5H5N5O.C5H5N5/c7-3(5(9)10)1-13-14-2-4(8)6(11)12;6-5-9-3-2(4(11)10-5)7-1-8-3;6-4-3-5(9-1-7-3)10-2-8-4/h3-4H,1-2,7-8H2,(H,9,10)(H,11,12);1H,(H4,6,7,8,9,10,11);1-2H,(H3,6,7,8,9,10). The van der Waals surface area contributed by atoms with Gasteiger partial charge in [0.25, 0.3) is 5.56 Å². The number of nitrogen functional groups attached to an aromatic ring is 2. The first kappa shape index (κ1) is 27.3. The summed E-state index contributed by atoms with van der Waals surface area (Å²) in [4.78, 5) is 58.4. The van der Waals surface area contributed by atoms with Gasteiger partial charge in [0.15, 0.2) is 22.6 Å². The molecule has 0 amide bonds. The third-order valence-electron chi connectivity index (χ3n) is 3.78. The zero-order valence-corrected chi connectivity index (χ0v) is 19.4. The molecule has 0 aliphatic heterocycles. The Balaban J connectivity index is 0.000000187. The molecule has 0 radical (unpaired) electrons. The molecule has 0 saturated carbocycles. The number of anilines is 2. The second-order valence-corrected chi connectivity index (χ2v) is 8.92. The average molecular weight is 527 g/mol. The minimum atomic E-state index is -1.07. The molecule has 2 unspecified atom stereocenters. The number of aliphatic carboxylic acids is 2. The minimum Gasteiger partial charge on any atom is -0.480 e. The van der Waals surface area contributed by atoms with E-state index in [9.17, 15) is 14.4 Å². The Bertz CT molecular complexity index is 1300. The van der Waals surface area contributed by atoms with Crippen molar-refractivity contribution in [3.05, 3.63) is 29.3 Å². The summed E-state index contributed by atoms with van der Waals surface area (Å²) >= 11 is 0. The van der Waals surface area contributed by atoms with Gasteiger partial charge in [0.1, 0.15) is 23.9 Å². The number of imidazole rings is 2. The number of fused-ring (bicyclic) bond motifs is 2. The van der Waals surface area contributed by atoms with E-state index in [-0.39, 0.29) is 23.0 Å². The van der Waals surface area contributed by atoms with E-state index < -0.39 is 24.0 Å². The number of aromatic nitrogens is 8. The average Bonchev–Trinajstić information content (AvgIpc) is 3.47. The van der Waals surface area contributed by atoms with Crippen LogP contribution in [0.5, 0.6) is 0 Å². The zero-order valence-electron chi connectivity index (χ0n) is 17.8. The Morgan fingerprint density at radius 2 is 1.43 bits per heavy atom. The number of carboxylic acids is 2. The summed E-state index contributed by atoms with van der Waals surface area (Å²) in [5.41, 5.74) is 22.9. The topological polar surface area (TPSA) is 308 Å². The third-order valence-corrected chi connectivity index (χ3v) is 6.25. The Kier molecular flexibility index (Phi) is 10.2. The van der Waals surface area contributed by atoms with Crippen LogP contribution in [0.15, 0.2) is 23.8 Å². The van der Waals surface area contributed by atoms with E-state index in [1.807, 2.05) is 0 Å². The molecule has 4 aromatic heterocycles. The van der Waals surface area contributed by atoms with Gasteiger partial charge in [0, 0.05) is 11.5 Å². The predicted molar refractivity (Wildman–Crippen MR) is 131 cm³/mol. The number of hydrogen-bond acceptors (Lipinski definition) is 14. The lowest BCUT2D eigenvalue weighted by Gasteiger charge is -2.07. The summed E-state index contributed by atoms with van der Waals surface area (Å²) in [6, 6.07) is -1.85. The molecule has 17 nitrogen and oxygen atoms in total. The second-order valence-electron chi connectivity index (χ2n) is 6.37. The fraction of sp³-hybridized carbons (Fsp3) is 0.250. The van der Waals surface area contributed by atoms with Crippen LogP contribution in [-0.4, -0.2) is 85.6 Å². The molecule has 13 N–H and O–H groups in total. The van der Waals surface area contributed by atoms with Crippen LogP contribution in [-0.2, 0) is 9.59 Å². The molecule has 0 aliphatic carbocycles. The van der Waals surface area contributed by atoms with Gasteiger partial charge in [-0.3, -0.25) is 19.4 Å². The van der Waals surface area contributed by atoms with E-state index in [2.05, 4.69) is 39.9 Å². The lowest BCUT2D eigenvalue weighted by Crippen LogP contribution is -2.33. The molecular weight excluding hydrogens is 504 g/mol. The van der Waals surface area contributed by atoms with Crippen LogP contribution in [0.1, 0.15) is 0 Å². The normalized spacial score (nSPS) is 12.2. The van der Waals surface area contributed by atoms with Crippen LogP contribution in [0.4, 0.5) is 11.8 Å². The van der Waals surface area contributed by atoms with Crippen molar-refractivity contribution < 1.29 is 19.8 Å². The molecule has 4 heterocycles. The van der Waals surface area contributed by atoms with Gasteiger partial charge in [-0.2, -0.15) is 4.98 Å². The van der Waals surface area contributed by atoms with Crippen molar-refractivity contribution in [3.8, 4) is 0 Å². The molecule has 0 saturated heterocycles. The van der Waals surface area contributed by atoms with Gasteiger partial charge in [-0.05, 0) is 0 Å². The summed E-state index contributed by atoms with van der Waals surface area (Å²) in [6.07, 6.45) is 4.32. The van der Waals surface area contributed by atoms with Crippen LogP contribution in [0.25, 0.3) is 22.3 Å². The molecule has 19 heteroatoms. The largest absolute Gasteiger partial charge is 0.480 e. The molecule has 2 atom stereocenters. The number of nitrogens with two attached hydrogens (primary N) is 4. The van der Waals surface area contributed by atoms with Crippen molar-refractivity contribution in [1.29, 1.82) is 0 Å². The molecule has 4 aromatic rings. The van der Waals surface area contributed by atoms with E-state index in [1.165, 1.54) is 40.6 Å². The van der Waals surface area contributed by atoms with E-state index in [0.29, 0.717) is 28.1 Å². The molecule has 35 heavy (non-hydrogen) atoms. The third kappa shape index (κ3) is 8.41. The fourth-order valence-corrected chi connectivity index (χ4v) is 4.26. The molecule has 0 aliphatic rings. The Hall–Kier alpha value is -3.94. The molecule has 188 valence electrons. The number of rotatable bonds is 7. The monoisotopic (exact) mass is 526 g/mol. The van der Waals surface area contributed by atoms with Crippen molar-refractivity contribution in [3.63, 3.8) is 0 Å². The maximum atomic E-state index is 11.0. The second kappa shape index (κ2) is 13.1. The summed E-state index contributed by atoms with van der Waals surface area (Å²) in [7, 11) is 2.41. The van der Waals surface area contributed by atoms with Crippen LogP contribution in [0.3, 0.4) is 0 Å². The quantitative estimate of drug-likeness (QED) is 0.0961. The number of aromatic amines is 3.